The van der Waals surface area contributed by atoms with Crippen LogP contribution in [0.2, 0.25) is 0 Å². The Morgan fingerprint density at radius 1 is 1.13 bits per heavy atom. The summed E-state index contributed by atoms with van der Waals surface area (Å²) in [4.78, 5) is 20.4. The van der Waals surface area contributed by atoms with Crippen molar-refractivity contribution in [1.29, 1.82) is 0 Å². The van der Waals surface area contributed by atoms with Crippen molar-refractivity contribution < 1.29 is 17.7 Å². The van der Waals surface area contributed by atoms with Crippen LogP contribution in [0.25, 0.3) is 11.6 Å². The fourth-order valence-corrected chi connectivity index (χ4v) is 3.50. The first-order chi connectivity index (χ1) is 14.8. The lowest BCUT2D eigenvalue weighted by molar-refractivity contribution is -0.138. The van der Waals surface area contributed by atoms with Crippen LogP contribution in [-0.2, 0) is 0 Å². The SMILES string of the molecule is CN(c1ccccc1)c1nc(N)nc(-c2noc(C3CCCN3CCC(F)(F)F)n2)n1. The summed E-state index contributed by atoms with van der Waals surface area (Å²) in [6.45, 7) is 0.430. The van der Waals surface area contributed by atoms with Crippen molar-refractivity contribution >= 4 is 17.6 Å². The summed E-state index contributed by atoms with van der Waals surface area (Å²) >= 11 is 0. The number of likely N-dealkylation sites (tertiary alicyclic amines) is 1. The molecule has 4 rings (SSSR count). The summed E-state index contributed by atoms with van der Waals surface area (Å²) in [6, 6.07) is 9.08. The molecule has 0 radical (unpaired) electrons. The van der Waals surface area contributed by atoms with E-state index < -0.39 is 12.6 Å². The van der Waals surface area contributed by atoms with Gasteiger partial charge in [0.25, 0.3) is 0 Å². The molecule has 0 bridgehead atoms. The minimum atomic E-state index is -4.21. The monoisotopic (exact) mass is 434 g/mol. The van der Waals surface area contributed by atoms with Crippen LogP contribution in [0, 0.1) is 0 Å². The van der Waals surface area contributed by atoms with Crippen molar-refractivity contribution in [1.82, 2.24) is 30.0 Å². The molecule has 3 aromatic rings. The number of hydrogen-bond donors (Lipinski definition) is 1. The van der Waals surface area contributed by atoms with E-state index in [9.17, 15) is 13.2 Å². The molecule has 31 heavy (non-hydrogen) atoms. The topological polar surface area (TPSA) is 110 Å². The van der Waals surface area contributed by atoms with Gasteiger partial charge < -0.3 is 15.2 Å². The number of alkyl halides is 3. The Kier molecular flexibility index (Phi) is 5.72. The standard InChI is InChI=1S/C19H21F3N8O/c1-29(12-6-3-2-4-7-12)18-26-14(25-17(23)27-18)15-24-16(31-28-15)13-8-5-10-30(13)11-9-19(20,21)22/h2-4,6-7,13H,5,8-11H2,1H3,(H2,23,25,26,27). The number of aromatic nitrogens is 5. The van der Waals surface area contributed by atoms with Crippen LogP contribution in [0.5, 0.6) is 0 Å². The average Bonchev–Trinajstić information content (AvgIpc) is 3.40. The number of anilines is 3. The Balaban J connectivity index is 1.56. The highest BCUT2D eigenvalue weighted by atomic mass is 19.4. The highest BCUT2D eigenvalue weighted by molar-refractivity contribution is 5.58. The fourth-order valence-electron chi connectivity index (χ4n) is 3.50. The van der Waals surface area contributed by atoms with E-state index in [4.69, 9.17) is 10.3 Å². The zero-order chi connectivity index (χ0) is 22.0. The van der Waals surface area contributed by atoms with Gasteiger partial charge in [0.15, 0.2) is 0 Å². The molecule has 1 unspecified atom stereocenters. The molecular formula is C19H21F3N8O. The lowest BCUT2D eigenvalue weighted by Gasteiger charge is -2.21. The van der Waals surface area contributed by atoms with E-state index >= 15 is 0 Å². The van der Waals surface area contributed by atoms with Gasteiger partial charge in [0.05, 0.1) is 12.5 Å². The molecule has 2 N–H and O–H groups in total. The van der Waals surface area contributed by atoms with Gasteiger partial charge in [-0.25, -0.2) is 0 Å². The molecule has 12 heteroatoms. The number of nitrogens with two attached hydrogens (primary N) is 1. The van der Waals surface area contributed by atoms with E-state index in [0.717, 1.165) is 12.1 Å². The number of para-hydroxylation sites is 1. The molecule has 0 saturated carbocycles. The molecule has 1 aromatic carbocycles. The van der Waals surface area contributed by atoms with Crippen LogP contribution in [0.15, 0.2) is 34.9 Å². The van der Waals surface area contributed by atoms with Gasteiger partial charge >= 0.3 is 6.18 Å². The Bertz CT molecular complexity index is 1030. The highest BCUT2D eigenvalue weighted by Crippen LogP contribution is 2.33. The first kappa shape index (κ1) is 21.0. The van der Waals surface area contributed by atoms with E-state index in [2.05, 4.69) is 25.1 Å². The third-order valence-electron chi connectivity index (χ3n) is 5.06. The van der Waals surface area contributed by atoms with Gasteiger partial charge in [0.1, 0.15) is 0 Å². The molecule has 1 aliphatic rings. The van der Waals surface area contributed by atoms with Crippen molar-refractivity contribution in [2.75, 3.05) is 30.8 Å². The number of nitrogen functional groups attached to an aromatic ring is 1. The molecule has 1 fully saturated rings. The van der Waals surface area contributed by atoms with Crippen molar-refractivity contribution in [2.45, 2.75) is 31.5 Å². The summed E-state index contributed by atoms with van der Waals surface area (Å²) in [5.41, 5.74) is 6.70. The second-order valence-electron chi connectivity index (χ2n) is 7.23. The number of nitrogens with zero attached hydrogens (tertiary/aromatic N) is 7. The Morgan fingerprint density at radius 2 is 1.90 bits per heavy atom. The molecule has 1 aliphatic heterocycles. The van der Waals surface area contributed by atoms with Crippen LogP contribution < -0.4 is 10.6 Å². The molecule has 3 heterocycles. The summed E-state index contributed by atoms with van der Waals surface area (Å²) in [7, 11) is 1.78. The maximum Gasteiger partial charge on any atom is 0.390 e. The van der Waals surface area contributed by atoms with E-state index in [1.165, 1.54) is 0 Å². The van der Waals surface area contributed by atoms with Gasteiger partial charge in [-0.15, -0.1) is 0 Å². The van der Waals surface area contributed by atoms with Crippen molar-refractivity contribution in [3.8, 4) is 11.6 Å². The smallest absolute Gasteiger partial charge is 0.368 e. The normalized spacial score (nSPS) is 17.2. The van der Waals surface area contributed by atoms with E-state index in [0.29, 0.717) is 18.9 Å². The summed E-state index contributed by atoms with van der Waals surface area (Å²) in [6.07, 6.45) is -3.70. The average molecular weight is 434 g/mol. The second kappa shape index (κ2) is 8.46. The largest absolute Gasteiger partial charge is 0.390 e. The predicted molar refractivity (Wildman–Crippen MR) is 106 cm³/mol. The van der Waals surface area contributed by atoms with Crippen LogP contribution in [0.4, 0.5) is 30.8 Å². The number of benzene rings is 1. The summed E-state index contributed by atoms with van der Waals surface area (Å²) < 4.78 is 43.2. The maximum absolute atomic E-state index is 12.6. The number of halogens is 3. The predicted octanol–water partition coefficient (Wildman–Crippen LogP) is 3.36. The Morgan fingerprint density at radius 3 is 2.65 bits per heavy atom. The lowest BCUT2D eigenvalue weighted by Crippen LogP contribution is -2.28. The third-order valence-corrected chi connectivity index (χ3v) is 5.06. The van der Waals surface area contributed by atoms with Crippen LogP contribution >= 0.6 is 0 Å². The molecular weight excluding hydrogens is 413 g/mol. The molecule has 9 nitrogen and oxygen atoms in total. The van der Waals surface area contributed by atoms with Crippen molar-refractivity contribution in [3.05, 3.63) is 36.2 Å². The van der Waals surface area contributed by atoms with Gasteiger partial charge in [-0.2, -0.15) is 33.1 Å². The molecule has 1 saturated heterocycles. The van der Waals surface area contributed by atoms with Crippen LogP contribution in [-0.4, -0.2) is 56.3 Å². The first-order valence-corrected chi connectivity index (χ1v) is 9.75. The quantitative estimate of drug-likeness (QED) is 0.624. The first-order valence-electron chi connectivity index (χ1n) is 9.75. The van der Waals surface area contributed by atoms with E-state index in [-0.39, 0.29) is 36.1 Å². The molecule has 2 aromatic heterocycles. The molecule has 1 atom stereocenters. The number of hydrogen-bond acceptors (Lipinski definition) is 9. The molecule has 0 aliphatic carbocycles. The summed E-state index contributed by atoms with van der Waals surface area (Å²) in [5.74, 6) is 0.760. The molecule has 164 valence electrons. The van der Waals surface area contributed by atoms with Gasteiger partial charge in [0, 0.05) is 19.3 Å². The maximum atomic E-state index is 12.6. The Hall–Kier alpha value is -3.28. The van der Waals surface area contributed by atoms with Gasteiger partial charge in [-0.1, -0.05) is 23.4 Å². The number of rotatable bonds is 6. The summed E-state index contributed by atoms with van der Waals surface area (Å²) in [5, 5.41) is 3.93. The lowest BCUT2D eigenvalue weighted by atomic mass is 10.2. The Labute approximate surface area is 176 Å². The van der Waals surface area contributed by atoms with E-state index in [1.54, 1.807) is 16.8 Å². The van der Waals surface area contributed by atoms with Crippen molar-refractivity contribution in [3.63, 3.8) is 0 Å². The zero-order valence-corrected chi connectivity index (χ0v) is 16.7. The van der Waals surface area contributed by atoms with Gasteiger partial charge in [0.2, 0.25) is 29.4 Å². The van der Waals surface area contributed by atoms with Crippen molar-refractivity contribution in [2.24, 2.45) is 0 Å². The third kappa shape index (κ3) is 4.90. The van der Waals surface area contributed by atoms with Gasteiger partial charge in [-0.05, 0) is 31.5 Å². The zero-order valence-electron chi connectivity index (χ0n) is 16.7. The minimum Gasteiger partial charge on any atom is -0.368 e. The minimum absolute atomic E-state index is 0.0122. The molecule has 0 spiro atoms. The van der Waals surface area contributed by atoms with Crippen LogP contribution in [0.3, 0.4) is 0 Å². The van der Waals surface area contributed by atoms with E-state index in [1.807, 2.05) is 30.3 Å². The highest BCUT2D eigenvalue weighted by Gasteiger charge is 2.35. The fraction of sp³-hybridized carbons (Fsp3) is 0.421. The van der Waals surface area contributed by atoms with Gasteiger partial charge in [-0.3, -0.25) is 4.90 Å². The second-order valence-corrected chi connectivity index (χ2v) is 7.23. The van der Waals surface area contributed by atoms with Crippen LogP contribution in [0.1, 0.15) is 31.2 Å². The molecule has 0 amide bonds.